The van der Waals surface area contributed by atoms with Gasteiger partial charge in [-0.2, -0.15) is 9.61 Å². The Kier molecular flexibility index (Phi) is 4.71. The molecule has 2 heterocycles. The average Bonchev–Trinajstić information content (AvgIpc) is 3.09. The normalized spacial score (nSPS) is 11.2. The lowest BCUT2D eigenvalue weighted by Crippen LogP contribution is -1.97. The second-order valence-corrected chi connectivity index (χ2v) is 7.24. The van der Waals surface area contributed by atoms with Crippen molar-refractivity contribution in [3.05, 3.63) is 77.4 Å². The van der Waals surface area contributed by atoms with Crippen LogP contribution in [0.25, 0.3) is 16.9 Å². The molecule has 0 radical (unpaired) electrons. The zero-order valence-corrected chi connectivity index (χ0v) is 15.7. The predicted molar refractivity (Wildman–Crippen MR) is 106 cm³/mol. The van der Waals surface area contributed by atoms with Gasteiger partial charge >= 0.3 is 0 Å². The van der Waals surface area contributed by atoms with Crippen LogP contribution in [0.4, 0.5) is 0 Å². The van der Waals surface area contributed by atoms with Gasteiger partial charge in [-0.05, 0) is 36.6 Å². The molecule has 26 heavy (non-hydrogen) atoms. The molecule has 4 aromatic rings. The van der Waals surface area contributed by atoms with Crippen molar-refractivity contribution < 1.29 is 0 Å². The first-order chi connectivity index (χ1) is 12.7. The van der Waals surface area contributed by atoms with E-state index in [0.29, 0.717) is 0 Å². The van der Waals surface area contributed by atoms with Gasteiger partial charge < -0.3 is 0 Å². The zero-order chi connectivity index (χ0) is 17.9. The molecule has 0 aliphatic heterocycles. The molecule has 0 bridgehead atoms. The van der Waals surface area contributed by atoms with E-state index >= 15 is 0 Å². The minimum Gasteiger partial charge on any atom is -0.187 e. The monoisotopic (exact) mass is 360 g/mol. The first kappa shape index (κ1) is 16.8. The molecule has 2 aromatic heterocycles. The van der Waals surface area contributed by atoms with Gasteiger partial charge in [0.25, 0.3) is 0 Å². The van der Waals surface area contributed by atoms with Crippen LogP contribution in [-0.2, 0) is 12.2 Å². The minimum absolute atomic E-state index is 0.769. The number of aromatic nitrogens is 4. The molecule has 0 spiro atoms. The van der Waals surface area contributed by atoms with E-state index in [9.17, 15) is 0 Å². The number of aryl methyl sites for hydroxylation is 2. The van der Waals surface area contributed by atoms with Crippen molar-refractivity contribution in [2.24, 2.45) is 0 Å². The third-order valence-electron chi connectivity index (χ3n) is 4.34. The largest absolute Gasteiger partial charge is 0.212 e. The van der Waals surface area contributed by atoms with Gasteiger partial charge in [-0.1, -0.05) is 72.8 Å². The van der Waals surface area contributed by atoms with Crippen LogP contribution in [0, 0.1) is 6.92 Å². The maximum Gasteiger partial charge on any atom is 0.212 e. The molecule has 4 rings (SSSR count). The molecule has 0 unspecified atom stereocenters. The molecular formula is C21H20N4S. The van der Waals surface area contributed by atoms with Gasteiger partial charge in [0.15, 0.2) is 5.65 Å². The molecule has 0 atom stereocenters. The smallest absolute Gasteiger partial charge is 0.187 e. The summed E-state index contributed by atoms with van der Waals surface area (Å²) in [5, 5.41) is 14.1. The van der Waals surface area contributed by atoms with Crippen LogP contribution in [0.2, 0.25) is 0 Å². The van der Waals surface area contributed by atoms with E-state index in [-0.39, 0.29) is 0 Å². The summed E-state index contributed by atoms with van der Waals surface area (Å²) in [6.07, 6.45) is 1.04. The molecule has 0 amide bonds. The number of rotatable bonds is 5. The number of thioether (sulfide) groups is 1. The van der Waals surface area contributed by atoms with Crippen LogP contribution in [0.1, 0.15) is 23.6 Å². The van der Waals surface area contributed by atoms with E-state index < -0.39 is 0 Å². The lowest BCUT2D eigenvalue weighted by atomic mass is 10.1. The van der Waals surface area contributed by atoms with Crippen molar-refractivity contribution in [3.8, 4) is 11.3 Å². The standard InChI is InChI=1S/C21H20N4S/c1-3-16-7-9-18(10-8-16)19-11-12-20-22-23-21(25(20)24-19)26-14-17-6-4-5-15(2)13-17/h4-13H,3,14H2,1-2H3. The minimum atomic E-state index is 0.769. The molecule has 0 N–H and O–H groups in total. The molecule has 5 heteroatoms. The van der Waals surface area contributed by atoms with Crippen LogP contribution in [-0.4, -0.2) is 19.8 Å². The molecule has 0 saturated carbocycles. The molecular weight excluding hydrogens is 340 g/mol. The summed E-state index contributed by atoms with van der Waals surface area (Å²) in [5.74, 6) is 0.847. The topological polar surface area (TPSA) is 43.1 Å². The number of hydrogen-bond donors (Lipinski definition) is 0. The van der Waals surface area contributed by atoms with Crippen molar-refractivity contribution in [2.75, 3.05) is 0 Å². The van der Waals surface area contributed by atoms with Gasteiger partial charge in [0.05, 0.1) is 5.69 Å². The summed E-state index contributed by atoms with van der Waals surface area (Å²) in [7, 11) is 0. The van der Waals surface area contributed by atoms with Crippen LogP contribution in [0.3, 0.4) is 0 Å². The van der Waals surface area contributed by atoms with Crippen molar-refractivity contribution in [1.29, 1.82) is 0 Å². The summed E-state index contributed by atoms with van der Waals surface area (Å²) < 4.78 is 1.84. The lowest BCUT2D eigenvalue weighted by Gasteiger charge is -2.05. The maximum atomic E-state index is 4.76. The van der Waals surface area contributed by atoms with Crippen LogP contribution in [0.5, 0.6) is 0 Å². The van der Waals surface area contributed by atoms with Crippen molar-refractivity contribution in [1.82, 2.24) is 19.8 Å². The van der Waals surface area contributed by atoms with Gasteiger partial charge in [-0.3, -0.25) is 0 Å². The van der Waals surface area contributed by atoms with E-state index in [4.69, 9.17) is 5.10 Å². The summed E-state index contributed by atoms with van der Waals surface area (Å²) in [6, 6.07) is 21.1. The van der Waals surface area contributed by atoms with Crippen LogP contribution >= 0.6 is 11.8 Å². The Hall–Kier alpha value is -2.66. The first-order valence-electron chi connectivity index (χ1n) is 8.73. The van der Waals surface area contributed by atoms with Crippen LogP contribution < -0.4 is 0 Å². The summed E-state index contributed by atoms with van der Waals surface area (Å²) in [6.45, 7) is 4.27. The second-order valence-electron chi connectivity index (χ2n) is 6.30. The van der Waals surface area contributed by atoms with E-state index in [1.807, 2.05) is 16.6 Å². The van der Waals surface area contributed by atoms with Gasteiger partial charge in [0.1, 0.15) is 0 Å². The predicted octanol–water partition coefficient (Wildman–Crippen LogP) is 4.95. The molecule has 2 aromatic carbocycles. The SMILES string of the molecule is CCc1ccc(-c2ccc3nnc(SCc4cccc(C)c4)n3n2)cc1. The van der Waals surface area contributed by atoms with Gasteiger partial charge in [0, 0.05) is 11.3 Å². The van der Waals surface area contributed by atoms with E-state index in [0.717, 1.165) is 34.2 Å². The number of nitrogens with zero attached hydrogens (tertiary/aromatic N) is 4. The third-order valence-corrected chi connectivity index (χ3v) is 5.33. The van der Waals surface area contributed by atoms with Gasteiger partial charge in [-0.15, -0.1) is 10.2 Å². The fraction of sp³-hybridized carbons (Fsp3) is 0.190. The lowest BCUT2D eigenvalue weighted by molar-refractivity contribution is 0.813. The van der Waals surface area contributed by atoms with Crippen molar-refractivity contribution in [3.63, 3.8) is 0 Å². The van der Waals surface area contributed by atoms with E-state index in [1.54, 1.807) is 11.8 Å². The van der Waals surface area contributed by atoms with Crippen LogP contribution in [0.15, 0.2) is 65.8 Å². The van der Waals surface area contributed by atoms with E-state index in [2.05, 4.69) is 72.6 Å². The first-order valence-corrected chi connectivity index (χ1v) is 9.71. The Bertz CT molecular complexity index is 1040. The highest BCUT2D eigenvalue weighted by Crippen LogP contribution is 2.24. The Morgan fingerprint density at radius 3 is 2.54 bits per heavy atom. The highest BCUT2D eigenvalue weighted by molar-refractivity contribution is 7.98. The molecule has 0 aliphatic carbocycles. The van der Waals surface area contributed by atoms with E-state index in [1.165, 1.54) is 16.7 Å². The summed E-state index contributed by atoms with van der Waals surface area (Å²) >= 11 is 1.66. The van der Waals surface area contributed by atoms with Gasteiger partial charge in [0.2, 0.25) is 5.16 Å². The Balaban J connectivity index is 1.61. The molecule has 130 valence electrons. The zero-order valence-electron chi connectivity index (χ0n) is 14.9. The number of fused-ring (bicyclic) bond motifs is 1. The summed E-state index contributed by atoms with van der Waals surface area (Å²) in [4.78, 5) is 0. The average molecular weight is 360 g/mol. The maximum absolute atomic E-state index is 4.76. The fourth-order valence-electron chi connectivity index (χ4n) is 2.87. The highest BCUT2D eigenvalue weighted by atomic mass is 32.2. The Labute approximate surface area is 157 Å². The Morgan fingerprint density at radius 2 is 1.77 bits per heavy atom. The Morgan fingerprint density at radius 1 is 0.923 bits per heavy atom. The number of benzene rings is 2. The van der Waals surface area contributed by atoms with Crippen molar-refractivity contribution >= 4 is 17.4 Å². The molecule has 0 fully saturated rings. The molecule has 0 aliphatic rings. The summed E-state index contributed by atoms with van der Waals surface area (Å²) in [5.41, 5.74) is 6.67. The fourth-order valence-corrected chi connectivity index (χ4v) is 3.70. The third kappa shape index (κ3) is 3.48. The quantitative estimate of drug-likeness (QED) is 0.472. The highest BCUT2D eigenvalue weighted by Gasteiger charge is 2.10. The molecule has 0 saturated heterocycles. The molecule has 4 nitrogen and oxygen atoms in total. The number of hydrogen-bond acceptors (Lipinski definition) is 4. The van der Waals surface area contributed by atoms with Gasteiger partial charge in [-0.25, -0.2) is 0 Å². The second kappa shape index (κ2) is 7.30. The van der Waals surface area contributed by atoms with Crippen molar-refractivity contribution in [2.45, 2.75) is 31.2 Å².